The van der Waals surface area contributed by atoms with Crippen molar-refractivity contribution >= 4 is 24.2 Å². The van der Waals surface area contributed by atoms with E-state index in [-0.39, 0.29) is 32.1 Å². The molecule has 0 aromatic heterocycles. The van der Waals surface area contributed by atoms with Crippen LogP contribution in [0.25, 0.3) is 0 Å². The number of carbonyl (C=O) groups excluding carboxylic acids is 4. The minimum Gasteiger partial charge on any atom is -0.462 e. The SMILES string of the molecule is CCC(=O)O[C@@H]1[C@@H](C)O[C@H](O[C@@H]2[C@@H](N(C)C)[C@H](O)[C@@H](O[C@@H]3[C@H](CC=O)C[C@H](C)[C@H](O)/C=C\C=C/C[C@H](C)OC(=O)C[C@@H](OC(=O)CC)[C@H]3OC)O[C@H]2C)C[C@]1(C)O. The largest absolute Gasteiger partial charge is 0.462 e. The second-order valence-corrected chi connectivity index (χ2v) is 16.0. The molecular weight excluding hydrogens is 746 g/mol. The fourth-order valence-electron chi connectivity index (χ4n) is 7.82. The third-order valence-corrected chi connectivity index (χ3v) is 10.9. The van der Waals surface area contributed by atoms with Gasteiger partial charge in [-0.2, -0.15) is 0 Å². The molecule has 2 fully saturated rings. The average molecular weight is 814 g/mol. The summed E-state index contributed by atoms with van der Waals surface area (Å²) in [5.41, 5.74) is -1.49. The summed E-state index contributed by atoms with van der Waals surface area (Å²) in [6.07, 6.45) is -4.08. The smallest absolute Gasteiger partial charge is 0.309 e. The van der Waals surface area contributed by atoms with Crippen molar-refractivity contribution in [1.82, 2.24) is 4.90 Å². The number of carbonyl (C=O) groups is 4. The summed E-state index contributed by atoms with van der Waals surface area (Å²) in [4.78, 5) is 52.3. The standard InChI is InChI=1S/C41H67NO15/c1-11-30(45)54-29-21-32(47)51-24(4)16-14-13-15-17-28(44)23(3)20-27(18-19-43)37(38(29)50-10)57-40-35(48)34(42(8)9)36(25(5)53-40)56-33-22-41(7,49)39(26(6)52-33)55-31(46)12-2/h13-15,17,19,23-29,33-40,44,48-49H,11-12,16,18,20-22H2,1-10H3/b14-13-,17-15-/t23-,24-,25-,26+,27+,28+,29+,33+,34-,35-,36-,37+,38+,39+,40+,41-/m0/s1. The summed E-state index contributed by atoms with van der Waals surface area (Å²) in [5.74, 6) is -2.82. The van der Waals surface area contributed by atoms with Crippen LogP contribution in [0.5, 0.6) is 0 Å². The van der Waals surface area contributed by atoms with Gasteiger partial charge in [-0.05, 0) is 60.0 Å². The van der Waals surface area contributed by atoms with Crippen molar-refractivity contribution in [2.75, 3.05) is 21.2 Å². The van der Waals surface area contributed by atoms with Gasteiger partial charge in [0.05, 0.1) is 36.9 Å². The minimum absolute atomic E-state index is 0.000633. The lowest BCUT2D eigenvalue weighted by Gasteiger charge is -2.50. The number of ether oxygens (including phenoxy) is 8. The van der Waals surface area contributed by atoms with Crippen LogP contribution in [0.3, 0.4) is 0 Å². The molecule has 3 rings (SSSR count). The summed E-state index contributed by atoms with van der Waals surface area (Å²) in [7, 11) is 4.86. The Morgan fingerprint density at radius 1 is 0.965 bits per heavy atom. The molecule has 0 amide bonds. The van der Waals surface area contributed by atoms with E-state index in [0.29, 0.717) is 12.7 Å². The van der Waals surface area contributed by atoms with E-state index in [9.17, 15) is 34.5 Å². The zero-order valence-electron chi connectivity index (χ0n) is 35.2. The number of esters is 3. The maximum Gasteiger partial charge on any atom is 0.309 e. The van der Waals surface area contributed by atoms with Crippen LogP contribution in [0.2, 0.25) is 0 Å². The van der Waals surface area contributed by atoms with Crippen molar-refractivity contribution in [2.24, 2.45) is 11.8 Å². The van der Waals surface area contributed by atoms with Gasteiger partial charge in [-0.3, -0.25) is 14.4 Å². The maximum atomic E-state index is 13.3. The van der Waals surface area contributed by atoms with Crippen LogP contribution in [0, 0.1) is 11.8 Å². The van der Waals surface area contributed by atoms with Crippen molar-refractivity contribution in [3.63, 3.8) is 0 Å². The second kappa shape index (κ2) is 22.5. The summed E-state index contributed by atoms with van der Waals surface area (Å²) < 4.78 is 48.5. The lowest BCUT2D eigenvalue weighted by Crippen LogP contribution is -2.66. The molecule has 2 saturated heterocycles. The van der Waals surface area contributed by atoms with E-state index in [1.165, 1.54) is 7.11 Å². The lowest BCUT2D eigenvalue weighted by molar-refractivity contribution is -0.344. The Balaban J connectivity index is 2.01. The molecule has 57 heavy (non-hydrogen) atoms. The van der Waals surface area contributed by atoms with Gasteiger partial charge in [0.1, 0.15) is 42.4 Å². The molecule has 16 nitrogen and oxygen atoms in total. The number of allylic oxidation sites excluding steroid dienone is 2. The highest BCUT2D eigenvalue weighted by Gasteiger charge is 2.53. The Morgan fingerprint density at radius 3 is 2.23 bits per heavy atom. The number of likely N-dealkylation sites (N-methyl/N-ethyl adjacent to an activating group) is 1. The molecule has 3 aliphatic heterocycles. The monoisotopic (exact) mass is 813 g/mol. The average Bonchev–Trinajstić information content (AvgIpc) is 3.13. The Bertz CT molecular complexity index is 1350. The molecular formula is C41H67NO15. The Hall–Kier alpha value is -2.80. The van der Waals surface area contributed by atoms with Crippen LogP contribution < -0.4 is 0 Å². The van der Waals surface area contributed by atoms with Gasteiger partial charge in [0, 0.05) is 39.2 Å². The Morgan fingerprint density at radius 2 is 1.63 bits per heavy atom. The molecule has 3 aliphatic rings. The fourth-order valence-corrected chi connectivity index (χ4v) is 7.82. The number of methoxy groups -OCH3 is 1. The van der Waals surface area contributed by atoms with Crippen molar-refractivity contribution in [1.29, 1.82) is 0 Å². The highest BCUT2D eigenvalue weighted by molar-refractivity contribution is 5.72. The zero-order valence-corrected chi connectivity index (χ0v) is 35.2. The highest BCUT2D eigenvalue weighted by Crippen LogP contribution is 2.37. The van der Waals surface area contributed by atoms with E-state index in [0.717, 1.165) is 0 Å². The van der Waals surface area contributed by atoms with Crippen molar-refractivity contribution in [3.05, 3.63) is 24.3 Å². The summed E-state index contributed by atoms with van der Waals surface area (Å²) >= 11 is 0. The first-order chi connectivity index (χ1) is 26.9. The zero-order chi connectivity index (χ0) is 42.6. The third kappa shape index (κ3) is 13.6. The molecule has 0 aliphatic carbocycles. The molecule has 0 radical (unpaired) electrons. The predicted octanol–water partition coefficient (Wildman–Crippen LogP) is 2.77. The van der Waals surface area contributed by atoms with Gasteiger partial charge in [-0.25, -0.2) is 0 Å². The van der Waals surface area contributed by atoms with Crippen LogP contribution in [-0.4, -0.2) is 151 Å². The van der Waals surface area contributed by atoms with Crippen molar-refractivity contribution < 1.29 is 72.4 Å². The molecule has 16 atom stereocenters. The van der Waals surface area contributed by atoms with Crippen LogP contribution >= 0.6 is 0 Å². The van der Waals surface area contributed by atoms with E-state index in [1.54, 1.807) is 78.8 Å². The van der Waals surface area contributed by atoms with E-state index >= 15 is 0 Å². The van der Waals surface area contributed by atoms with Gasteiger partial charge in [-0.15, -0.1) is 0 Å². The molecule has 0 unspecified atom stereocenters. The summed E-state index contributed by atoms with van der Waals surface area (Å²) in [5, 5.41) is 34.5. The van der Waals surface area contributed by atoms with Gasteiger partial charge < -0.3 is 62.9 Å². The molecule has 16 heteroatoms. The molecule has 3 N–H and O–H groups in total. The van der Waals surface area contributed by atoms with Crippen LogP contribution in [0.15, 0.2) is 24.3 Å². The van der Waals surface area contributed by atoms with Crippen molar-refractivity contribution in [3.8, 4) is 0 Å². The first kappa shape index (κ1) is 48.6. The number of aldehydes is 1. The number of nitrogens with zero attached hydrogens (tertiary/aromatic N) is 1. The normalized spacial score (nSPS) is 41.1. The third-order valence-electron chi connectivity index (χ3n) is 10.9. The highest BCUT2D eigenvalue weighted by atomic mass is 16.7. The number of aliphatic hydroxyl groups excluding tert-OH is 2. The van der Waals surface area contributed by atoms with Crippen LogP contribution in [0.4, 0.5) is 0 Å². The Labute approximate surface area is 337 Å². The molecule has 0 aromatic rings. The molecule has 3 heterocycles. The number of rotatable bonds is 12. The van der Waals surface area contributed by atoms with Gasteiger partial charge in [0.15, 0.2) is 18.7 Å². The number of cyclic esters (lactones) is 1. The molecule has 326 valence electrons. The molecule has 0 saturated carbocycles. The van der Waals surface area contributed by atoms with Gasteiger partial charge in [0.2, 0.25) is 0 Å². The molecule has 0 aromatic carbocycles. The lowest BCUT2D eigenvalue weighted by atomic mass is 9.82. The van der Waals surface area contributed by atoms with Gasteiger partial charge >= 0.3 is 17.9 Å². The maximum absolute atomic E-state index is 13.3. The first-order valence-corrected chi connectivity index (χ1v) is 20.1. The number of hydrogen-bond acceptors (Lipinski definition) is 16. The van der Waals surface area contributed by atoms with Gasteiger partial charge in [0.25, 0.3) is 0 Å². The van der Waals surface area contributed by atoms with Crippen LogP contribution in [-0.2, 0) is 57.1 Å². The van der Waals surface area contributed by atoms with E-state index in [4.69, 9.17) is 37.9 Å². The van der Waals surface area contributed by atoms with E-state index in [2.05, 4.69) is 0 Å². The van der Waals surface area contributed by atoms with Crippen molar-refractivity contribution in [2.45, 2.75) is 179 Å². The fraction of sp³-hybridized carbons (Fsp3) is 0.805. The number of aliphatic hydroxyl groups is 3. The predicted molar refractivity (Wildman–Crippen MR) is 205 cm³/mol. The molecule has 0 spiro atoms. The first-order valence-electron chi connectivity index (χ1n) is 20.1. The topological polar surface area (TPSA) is 206 Å². The van der Waals surface area contributed by atoms with E-state index < -0.39 is 121 Å². The minimum atomic E-state index is -1.49. The van der Waals surface area contributed by atoms with E-state index in [1.807, 2.05) is 13.0 Å². The Kier molecular flexibility index (Phi) is 19.2. The van der Waals surface area contributed by atoms with Crippen LogP contribution in [0.1, 0.15) is 93.4 Å². The van der Waals surface area contributed by atoms with Gasteiger partial charge in [-0.1, -0.05) is 45.1 Å². The summed E-state index contributed by atoms with van der Waals surface area (Å²) in [6, 6.07) is -0.779. The quantitative estimate of drug-likeness (QED) is 0.147. The molecule has 0 bridgehead atoms. The summed E-state index contributed by atoms with van der Waals surface area (Å²) in [6.45, 7) is 11.8. The number of hydrogen-bond donors (Lipinski definition) is 3. The second-order valence-electron chi connectivity index (χ2n) is 16.0.